The van der Waals surface area contributed by atoms with E-state index in [4.69, 9.17) is 9.47 Å². The zero-order chi connectivity index (χ0) is 22.4. The fourth-order valence-corrected chi connectivity index (χ4v) is 5.16. The molecule has 3 unspecified atom stereocenters. The van der Waals surface area contributed by atoms with Crippen LogP contribution in [0.25, 0.3) is 0 Å². The van der Waals surface area contributed by atoms with Gasteiger partial charge in [-0.15, -0.1) is 4.72 Å². The standard InChI is InChI=1S/C22H32F2N2O4S/c1-14(2)31(28)26-20-7-8-25-21(20)13-30-17-5-3-15(4-6-17)18-11-16(23)12-19(24)22(18)29-10-9-27/h9,11-12,14-15,17,20-21,25-26H,3-8,10,13H2,1-2H3/t15-,17+,20?,21?,31?. The van der Waals surface area contributed by atoms with Crippen molar-refractivity contribution in [3.8, 4) is 5.75 Å². The Morgan fingerprint density at radius 3 is 2.68 bits per heavy atom. The van der Waals surface area contributed by atoms with Crippen molar-refractivity contribution >= 4 is 17.6 Å². The van der Waals surface area contributed by atoms with Crippen LogP contribution in [0.4, 0.5) is 8.78 Å². The van der Waals surface area contributed by atoms with Gasteiger partial charge in [-0.3, -0.25) is 4.79 Å². The van der Waals surface area contributed by atoms with Crippen LogP contribution < -0.4 is 14.8 Å². The summed E-state index contributed by atoms with van der Waals surface area (Å²) in [5.74, 6) is -1.49. The smallest absolute Gasteiger partial charge is 0.168 e. The lowest BCUT2D eigenvalue weighted by Gasteiger charge is -2.31. The van der Waals surface area contributed by atoms with Crippen molar-refractivity contribution in [1.29, 1.82) is 0 Å². The molecule has 174 valence electrons. The average Bonchev–Trinajstić information content (AvgIpc) is 3.18. The molecule has 1 aliphatic heterocycles. The van der Waals surface area contributed by atoms with Crippen LogP contribution in [-0.4, -0.2) is 54.0 Å². The molecule has 0 aromatic heterocycles. The first-order valence-electron chi connectivity index (χ1n) is 11.0. The Morgan fingerprint density at radius 2 is 2.00 bits per heavy atom. The van der Waals surface area contributed by atoms with Crippen LogP contribution in [0.5, 0.6) is 5.75 Å². The molecular formula is C22H32F2N2O4S. The Labute approximate surface area is 185 Å². The number of hydrogen-bond donors (Lipinski definition) is 2. The first kappa shape index (κ1) is 24.4. The van der Waals surface area contributed by atoms with Crippen LogP contribution in [0.2, 0.25) is 0 Å². The van der Waals surface area contributed by atoms with Crippen molar-refractivity contribution in [3.63, 3.8) is 0 Å². The summed E-state index contributed by atoms with van der Waals surface area (Å²) >= 11 is -1.07. The quantitative estimate of drug-likeness (QED) is 0.414. The van der Waals surface area contributed by atoms with Crippen LogP contribution in [0.3, 0.4) is 0 Å². The first-order chi connectivity index (χ1) is 14.9. The second kappa shape index (κ2) is 11.6. The van der Waals surface area contributed by atoms with Gasteiger partial charge in [-0.2, -0.15) is 0 Å². The van der Waals surface area contributed by atoms with Crippen LogP contribution in [0.15, 0.2) is 12.1 Å². The molecule has 1 aromatic rings. The second-order valence-corrected chi connectivity index (χ2v) is 10.3. The molecule has 2 aliphatic rings. The summed E-state index contributed by atoms with van der Waals surface area (Å²) in [6.45, 7) is 4.98. The van der Waals surface area contributed by atoms with Gasteiger partial charge in [-0.25, -0.2) is 8.78 Å². The summed E-state index contributed by atoms with van der Waals surface area (Å²) in [5.41, 5.74) is 0.482. The van der Waals surface area contributed by atoms with Crippen LogP contribution >= 0.6 is 0 Å². The van der Waals surface area contributed by atoms with E-state index in [1.54, 1.807) is 0 Å². The maximum Gasteiger partial charge on any atom is 0.168 e. The Hall–Kier alpha value is -1.26. The SMILES string of the molecule is CC(C)[S+]([O-])NC1CCNC1CO[C@H]1CC[C@@H](c2cc(F)cc(F)c2OCC=O)CC1. The average molecular weight is 459 g/mol. The fraction of sp³-hybridized carbons (Fsp3) is 0.682. The van der Waals surface area contributed by atoms with Crippen molar-refractivity contribution < 1.29 is 27.6 Å². The molecule has 0 amide bonds. The van der Waals surface area contributed by atoms with Crippen molar-refractivity contribution in [2.75, 3.05) is 19.8 Å². The highest BCUT2D eigenvalue weighted by atomic mass is 32.2. The topological polar surface area (TPSA) is 82.7 Å². The van der Waals surface area contributed by atoms with Gasteiger partial charge in [0, 0.05) is 23.0 Å². The molecule has 0 spiro atoms. The highest BCUT2D eigenvalue weighted by Crippen LogP contribution is 2.40. The molecule has 6 nitrogen and oxygen atoms in total. The lowest BCUT2D eigenvalue weighted by Crippen LogP contribution is -2.48. The minimum atomic E-state index is -1.07. The summed E-state index contributed by atoms with van der Waals surface area (Å²) in [5, 5.41) is 3.48. The van der Waals surface area contributed by atoms with E-state index in [1.165, 1.54) is 6.07 Å². The van der Waals surface area contributed by atoms with Crippen LogP contribution in [0.1, 0.15) is 57.4 Å². The first-order valence-corrected chi connectivity index (χ1v) is 12.2. The third-order valence-electron chi connectivity index (χ3n) is 6.00. The molecule has 31 heavy (non-hydrogen) atoms. The molecule has 3 rings (SSSR count). The number of nitrogens with one attached hydrogen (secondary N) is 2. The molecule has 0 bridgehead atoms. The van der Waals surface area contributed by atoms with E-state index in [2.05, 4.69) is 10.0 Å². The summed E-state index contributed by atoms with van der Waals surface area (Å²) in [7, 11) is 0. The van der Waals surface area contributed by atoms with Gasteiger partial charge in [0.1, 0.15) is 17.7 Å². The van der Waals surface area contributed by atoms with Crippen molar-refractivity contribution in [2.24, 2.45) is 0 Å². The fourth-order valence-electron chi connectivity index (χ4n) is 4.30. The lowest BCUT2D eigenvalue weighted by molar-refractivity contribution is -0.109. The number of ether oxygens (including phenoxy) is 2. The molecule has 1 aromatic carbocycles. The Kier molecular flexibility index (Phi) is 9.09. The maximum atomic E-state index is 14.2. The van der Waals surface area contributed by atoms with E-state index in [0.29, 0.717) is 18.5 Å². The number of aldehydes is 1. The van der Waals surface area contributed by atoms with E-state index in [-0.39, 0.29) is 41.7 Å². The molecule has 1 aliphatic carbocycles. The molecule has 9 heteroatoms. The summed E-state index contributed by atoms with van der Waals surface area (Å²) in [4.78, 5) is 10.6. The Morgan fingerprint density at radius 1 is 1.26 bits per heavy atom. The van der Waals surface area contributed by atoms with Gasteiger partial charge < -0.3 is 19.3 Å². The predicted octanol–water partition coefficient (Wildman–Crippen LogP) is 2.98. The van der Waals surface area contributed by atoms with Crippen LogP contribution in [-0.2, 0) is 20.9 Å². The minimum absolute atomic E-state index is 0.0277. The van der Waals surface area contributed by atoms with E-state index in [0.717, 1.165) is 44.7 Å². The van der Waals surface area contributed by atoms with Gasteiger partial charge in [-0.05, 0) is 64.5 Å². The van der Waals surface area contributed by atoms with Gasteiger partial charge >= 0.3 is 0 Å². The highest BCUT2D eigenvalue weighted by Gasteiger charge is 2.33. The van der Waals surface area contributed by atoms with Crippen LogP contribution in [0, 0.1) is 11.6 Å². The minimum Gasteiger partial charge on any atom is -0.598 e. The zero-order valence-corrected chi connectivity index (χ0v) is 18.9. The second-order valence-electron chi connectivity index (χ2n) is 8.51. The van der Waals surface area contributed by atoms with Crippen molar-refractivity contribution in [2.45, 2.75) is 75.3 Å². The number of halogens is 2. The molecule has 1 saturated heterocycles. The summed E-state index contributed by atoms with van der Waals surface area (Å²) < 4.78 is 54.7. The molecule has 1 saturated carbocycles. The molecule has 3 atom stereocenters. The number of benzene rings is 1. The predicted molar refractivity (Wildman–Crippen MR) is 115 cm³/mol. The molecule has 0 radical (unpaired) electrons. The third kappa shape index (κ3) is 6.61. The molecule has 2 fully saturated rings. The lowest BCUT2D eigenvalue weighted by atomic mass is 9.82. The largest absolute Gasteiger partial charge is 0.598 e. The van der Waals surface area contributed by atoms with E-state index < -0.39 is 23.0 Å². The highest BCUT2D eigenvalue weighted by molar-refractivity contribution is 7.90. The van der Waals surface area contributed by atoms with E-state index in [9.17, 15) is 18.1 Å². The number of carbonyl (C=O) groups is 1. The van der Waals surface area contributed by atoms with E-state index >= 15 is 0 Å². The monoisotopic (exact) mass is 458 g/mol. The van der Waals surface area contributed by atoms with E-state index in [1.807, 2.05) is 13.8 Å². The Balaban J connectivity index is 1.52. The Bertz CT molecular complexity index is 732. The van der Waals surface area contributed by atoms with Gasteiger partial charge in [-0.1, -0.05) is 0 Å². The molecule has 2 N–H and O–H groups in total. The summed E-state index contributed by atoms with van der Waals surface area (Å²) in [6.07, 6.45) is 4.54. The zero-order valence-electron chi connectivity index (χ0n) is 18.1. The van der Waals surface area contributed by atoms with Gasteiger partial charge in [0.2, 0.25) is 0 Å². The van der Waals surface area contributed by atoms with Crippen molar-refractivity contribution in [3.05, 3.63) is 29.3 Å². The number of rotatable bonds is 10. The van der Waals surface area contributed by atoms with Crippen molar-refractivity contribution in [1.82, 2.24) is 10.0 Å². The molecular weight excluding hydrogens is 426 g/mol. The molecule has 1 heterocycles. The van der Waals surface area contributed by atoms with Gasteiger partial charge in [0.15, 0.2) is 17.9 Å². The summed E-state index contributed by atoms with van der Waals surface area (Å²) in [6, 6.07) is 2.32. The number of hydrogen-bond acceptors (Lipinski definition) is 6. The normalized spacial score (nSPS) is 27.4. The number of carbonyl (C=O) groups excluding carboxylic acids is 1. The van der Waals surface area contributed by atoms with Gasteiger partial charge in [0.05, 0.1) is 24.8 Å². The maximum absolute atomic E-state index is 14.2. The third-order valence-corrected chi connectivity index (χ3v) is 7.39. The van der Waals surface area contributed by atoms with Gasteiger partial charge in [0.25, 0.3) is 0 Å².